The van der Waals surface area contributed by atoms with E-state index < -0.39 is 0 Å². The number of carbonyl (C=O) groups excluding carboxylic acids is 2. The maximum Gasteiger partial charge on any atom is 0.319 e. The second kappa shape index (κ2) is 9.62. The molecule has 1 aliphatic rings. The van der Waals surface area contributed by atoms with Crippen LogP contribution < -0.4 is 10.6 Å². The van der Waals surface area contributed by atoms with Gasteiger partial charge >= 0.3 is 6.03 Å². The molecule has 7 heteroatoms. The molecule has 1 atom stereocenters. The molecule has 1 fully saturated rings. The molecular formula is C24H23ClN4O2. The maximum absolute atomic E-state index is 12.4. The van der Waals surface area contributed by atoms with Gasteiger partial charge in [-0.25, -0.2) is 4.79 Å². The van der Waals surface area contributed by atoms with Crippen LogP contribution in [0.2, 0.25) is 5.02 Å². The average Bonchev–Trinajstić information content (AvgIpc) is 3.15. The van der Waals surface area contributed by atoms with Crippen molar-refractivity contribution in [1.82, 2.24) is 15.2 Å². The van der Waals surface area contributed by atoms with Gasteiger partial charge in [0.25, 0.3) is 0 Å². The topological polar surface area (TPSA) is 74.3 Å². The number of pyridine rings is 1. The summed E-state index contributed by atoms with van der Waals surface area (Å²) in [6.07, 6.45) is 4.92. The number of nitrogens with one attached hydrogen (secondary N) is 2. The van der Waals surface area contributed by atoms with Crippen LogP contribution >= 0.6 is 11.6 Å². The maximum atomic E-state index is 12.4. The molecule has 158 valence electrons. The quantitative estimate of drug-likeness (QED) is 0.578. The first kappa shape index (κ1) is 20.9. The van der Waals surface area contributed by atoms with Gasteiger partial charge in [0.2, 0.25) is 5.91 Å². The van der Waals surface area contributed by atoms with Gasteiger partial charge in [0.05, 0.1) is 6.04 Å². The summed E-state index contributed by atoms with van der Waals surface area (Å²) >= 11 is 5.87. The lowest BCUT2D eigenvalue weighted by atomic mass is 10.1. The van der Waals surface area contributed by atoms with E-state index in [-0.39, 0.29) is 18.0 Å². The smallest absolute Gasteiger partial charge is 0.319 e. The van der Waals surface area contributed by atoms with Gasteiger partial charge in [0, 0.05) is 42.6 Å². The Labute approximate surface area is 186 Å². The summed E-state index contributed by atoms with van der Waals surface area (Å²) in [4.78, 5) is 30.7. The van der Waals surface area contributed by atoms with E-state index in [1.807, 2.05) is 59.6 Å². The summed E-state index contributed by atoms with van der Waals surface area (Å²) in [7, 11) is 0. The Morgan fingerprint density at radius 2 is 1.81 bits per heavy atom. The Kier molecular flexibility index (Phi) is 6.48. The minimum absolute atomic E-state index is 0.0534. The molecule has 6 nitrogen and oxygen atoms in total. The number of hydrogen-bond donors (Lipinski definition) is 2. The largest absolute Gasteiger partial charge is 0.334 e. The van der Waals surface area contributed by atoms with Crippen molar-refractivity contribution in [3.8, 4) is 0 Å². The first-order chi connectivity index (χ1) is 15.1. The number of amides is 3. The van der Waals surface area contributed by atoms with Crippen LogP contribution in [0.1, 0.15) is 35.6 Å². The molecule has 0 radical (unpaired) electrons. The van der Waals surface area contributed by atoms with Crippen LogP contribution in [0.25, 0.3) is 0 Å². The minimum atomic E-state index is -0.283. The Morgan fingerprint density at radius 1 is 1.06 bits per heavy atom. The second-order valence-corrected chi connectivity index (χ2v) is 7.93. The number of nitrogens with zero attached hydrogens (tertiary/aromatic N) is 2. The van der Waals surface area contributed by atoms with E-state index >= 15 is 0 Å². The van der Waals surface area contributed by atoms with Crippen LogP contribution in [0.5, 0.6) is 0 Å². The van der Waals surface area contributed by atoms with Crippen molar-refractivity contribution in [2.45, 2.75) is 32.0 Å². The van der Waals surface area contributed by atoms with Crippen LogP contribution in [0, 0.1) is 0 Å². The Hall–Kier alpha value is -3.38. The van der Waals surface area contributed by atoms with Crippen LogP contribution in [0.15, 0.2) is 73.1 Å². The van der Waals surface area contributed by atoms with Gasteiger partial charge in [-0.05, 0) is 53.4 Å². The Morgan fingerprint density at radius 3 is 2.52 bits per heavy atom. The zero-order valence-corrected chi connectivity index (χ0v) is 17.7. The molecule has 4 rings (SSSR count). The van der Waals surface area contributed by atoms with Crippen LogP contribution in [0.4, 0.5) is 10.5 Å². The second-order valence-electron chi connectivity index (χ2n) is 7.49. The molecule has 1 aromatic heterocycles. The molecule has 2 aromatic carbocycles. The van der Waals surface area contributed by atoms with Gasteiger partial charge in [-0.3, -0.25) is 9.78 Å². The minimum Gasteiger partial charge on any atom is -0.334 e. The fourth-order valence-electron chi connectivity index (χ4n) is 3.70. The summed E-state index contributed by atoms with van der Waals surface area (Å²) in [5, 5.41) is 6.30. The predicted molar refractivity (Wildman–Crippen MR) is 121 cm³/mol. The van der Waals surface area contributed by atoms with Gasteiger partial charge < -0.3 is 15.5 Å². The summed E-state index contributed by atoms with van der Waals surface area (Å²) in [5.41, 5.74) is 3.72. The van der Waals surface area contributed by atoms with E-state index in [9.17, 15) is 9.59 Å². The fraction of sp³-hybridized carbons (Fsp3) is 0.208. The van der Waals surface area contributed by atoms with Crippen molar-refractivity contribution in [1.29, 1.82) is 0 Å². The lowest BCUT2D eigenvalue weighted by Crippen LogP contribution is -2.28. The molecule has 0 bridgehead atoms. The lowest BCUT2D eigenvalue weighted by Gasteiger charge is -2.25. The van der Waals surface area contributed by atoms with E-state index in [0.29, 0.717) is 30.2 Å². The highest BCUT2D eigenvalue weighted by Crippen LogP contribution is 2.33. The molecule has 31 heavy (non-hydrogen) atoms. The summed E-state index contributed by atoms with van der Waals surface area (Å²) in [6.45, 7) is 0.940. The van der Waals surface area contributed by atoms with E-state index in [0.717, 1.165) is 23.1 Å². The van der Waals surface area contributed by atoms with Crippen molar-refractivity contribution in [3.05, 3.63) is 94.8 Å². The first-order valence-electron chi connectivity index (χ1n) is 10.2. The van der Waals surface area contributed by atoms with Crippen molar-refractivity contribution in [2.24, 2.45) is 0 Å². The molecule has 2 heterocycles. The number of rotatable bonds is 6. The number of benzene rings is 2. The van der Waals surface area contributed by atoms with E-state index in [2.05, 4.69) is 15.6 Å². The molecular weight excluding hydrogens is 412 g/mol. The molecule has 3 amide bonds. The number of hydrogen-bond acceptors (Lipinski definition) is 3. The molecule has 1 saturated heterocycles. The van der Waals surface area contributed by atoms with Gasteiger partial charge in [0.15, 0.2) is 0 Å². The number of halogens is 1. The first-order valence-corrected chi connectivity index (χ1v) is 10.5. The highest BCUT2D eigenvalue weighted by molar-refractivity contribution is 6.30. The van der Waals surface area contributed by atoms with Gasteiger partial charge in [-0.15, -0.1) is 0 Å². The monoisotopic (exact) mass is 434 g/mol. The van der Waals surface area contributed by atoms with Gasteiger partial charge in [-0.2, -0.15) is 0 Å². The highest BCUT2D eigenvalue weighted by atomic mass is 35.5. The molecule has 0 unspecified atom stereocenters. The van der Waals surface area contributed by atoms with Gasteiger partial charge in [-0.1, -0.05) is 41.9 Å². The third kappa shape index (κ3) is 5.41. The normalized spacial score (nSPS) is 15.7. The molecule has 0 aliphatic carbocycles. The summed E-state index contributed by atoms with van der Waals surface area (Å²) < 4.78 is 0. The number of likely N-dealkylation sites (tertiary alicyclic amines) is 1. The van der Waals surface area contributed by atoms with Crippen LogP contribution in [-0.4, -0.2) is 21.8 Å². The van der Waals surface area contributed by atoms with Crippen LogP contribution in [0.3, 0.4) is 0 Å². The van der Waals surface area contributed by atoms with E-state index in [1.54, 1.807) is 18.3 Å². The molecule has 1 aliphatic heterocycles. The van der Waals surface area contributed by atoms with Gasteiger partial charge in [0.1, 0.15) is 0 Å². The standard InChI is InChI=1S/C24H23ClN4O2/c25-20-7-3-17(4-8-20)14-27-24(31)28-21-9-5-18(6-10-21)16-29-22(11-12-23(29)30)19-2-1-13-26-15-19/h1-10,13,15,22H,11-12,14,16H2,(H2,27,28,31)/t22-/m1/s1. The van der Waals surface area contributed by atoms with E-state index in [4.69, 9.17) is 11.6 Å². The number of anilines is 1. The highest BCUT2D eigenvalue weighted by Gasteiger charge is 2.32. The zero-order chi connectivity index (χ0) is 21.6. The number of urea groups is 1. The summed E-state index contributed by atoms with van der Waals surface area (Å²) in [6, 6.07) is 18.6. The molecule has 2 N–H and O–H groups in total. The molecule has 0 spiro atoms. The van der Waals surface area contributed by atoms with Crippen molar-refractivity contribution < 1.29 is 9.59 Å². The van der Waals surface area contributed by atoms with E-state index in [1.165, 1.54) is 0 Å². The fourth-order valence-corrected chi connectivity index (χ4v) is 3.83. The van der Waals surface area contributed by atoms with Crippen molar-refractivity contribution in [2.75, 3.05) is 5.32 Å². The number of carbonyl (C=O) groups is 2. The molecule has 3 aromatic rings. The van der Waals surface area contributed by atoms with Crippen molar-refractivity contribution in [3.63, 3.8) is 0 Å². The molecule has 0 saturated carbocycles. The zero-order valence-electron chi connectivity index (χ0n) is 16.9. The average molecular weight is 435 g/mol. The SMILES string of the molecule is O=C(NCc1ccc(Cl)cc1)Nc1ccc(CN2C(=O)CC[C@@H]2c2cccnc2)cc1. The number of aromatic nitrogens is 1. The van der Waals surface area contributed by atoms with Crippen molar-refractivity contribution >= 4 is 29.2 Å². The Bertz CT molecular complexity index is 1040. The third-order valence-electron chi connectivity index (χ3n) is 5.33. The predicted octanol–water partition coefficient (Wildman–Crippen LogP) is 4.92. The Balaban J connectivity index is 1.33. The van der Waals surface area contributed by atoms with Crippen LogP contribution in [-0.2, 0) is 17.9 Å². The summed E-state index contributed by atoms with van der Waals surface area (Å²) in [5.74, 6) is 0.151. The third-order valence-corrected chi connectivity index (χ3v) is 5.58. The lowest BCUT2D eigenvalue weighted by molar-refractivity contribution is -0.129.